The van der Waals surface area contributed by atoms with Crippen LogP contribution in [0.15, 0.2) is 0 Å². The summed E-state index contributed by atoms with van der Waals surface area (Å²) in [6, 6.07) is 0. The van der Waals surface area contributed by atoms with E-state index in [-0.39, 0.29) is 0 Å². The van der Waals surface area contributed by atoms with E-state index in [1.54, 1.807) is 0 Å². The molecule has 0 spiro atoms. The Morgan fingerprint density at radius 1 is 1.20 bits per heavy atom. The fourth-order valence-corrected chi connectivity index (χ4v) is 2.24. The highest BCUT2D eigenvalue weighted by Crippen LogP contribution is 2.20. The van der Waals surface area contributed by atoms with E-state index in [1.807, 2.05) is 0 Å². The molecular formula is C13H27NO. The zero-order chi connectivity index (χ0) is 10.9. The van der Waals surface area contributed by atoms with Gasteiger partial charge >= 0.3 is 0 Å². The second kappa shape index (κ2) is 8.12. The molecule has 1 N–H and O–H groups in total. The summed E-state index contributed by atoms with van der Waals surface area (Å²) < 4.78 is 5.79. The predicted molar refractivity (Wildman–Crippen MR) is 65.1 cm³/mol. The van der Waals surface area contributed by atoms with Crippen molar-refractivity contribution in [2.75, 3.05) is 19.7 Å². The second-order valence-corrected chi connectivity index (χ2v) is 4.66. The minimum absolute atomic E-state index is 0.569. The molecule has 90 valence electrons. The summed E-state index contributed by atoms with van der Waals surface area (Å²) in [5, 5.41) is 3.49. The van der Waals surface area contributed by atoms with Crippen molar-refractivity contribution in [2.24, 2.45) is 5.92 Å². The third-order valence-corrected chi connectivity index (χ3v) is 3.52. The van der Waals surface area contributed by atoms with E-state index in [1.165, 1.54) is 38.5 Å². The van der Waals surface area contributed by atoms with Gasteiger partial charge in [0.05, 0.1) is 12.7 Å². The fraction of sp³-hybridized carbons (Fsp3) is 1.00. The maximum absolute atomic E-state index is 5.79. The van der Waals surface area contributed by atoms with E-state index in [2.05, 4.69) is 19.2 Å². The van der Waals surface area contributed by atoms with Crippen LogP contribution in [0.5, 0.6) is 0 Å². The van der Waals surface area contributed by atoms with Crippen LogP contribution >= 0.6 is 0 Å². The molecule has 0 aliphatic heterocycles. The first-order chi connectivity index (χ1) is 7.36. The van der Waals surface area contributed by atoms with Gasteiger partial charge in [-0.3, -0.25) is 0 Å². The smallest absolute Gasteiger partial charge is 0.0594 e. The Hall–Kier alpha value is -0.0800. The zero-order valence-corrected chi connectivity index (χ0v) is 10.4. The molecule has 1 rings (SSSR count). The summed E-state index contributed by atoms with van der Waals surface area (Å²) in [5.41, 5.74) is 0. The van der Waals surface area contributed by atoms with Crippen molar-refractivity contribution in [3.05, 3.63) is 0 Å². The Morgan fingerprint density at radius 3 is 2.47 bits per heavy atom. The van der Waals surface area contributed by atoms with E-state index in [0.29, 0.717) is 6.10 Å². The molecule has 1 fully saturated rings. The van der Waals surface area contributed by atoms with Crippen LogP contribution in [0.1, 0.15) is 52.4 Å². The summed E-state index contributed by atoms with van der Waals surface area (Å²) in [6.07, 6.45) is 8.44. The van der Waals surface area contributed by atoms with Crippen LogP contribution in [-0.2, 0) is 4.74 Å². The molecular weight excluding hydrogens is 186 g/mol. The summed E-state index contributed by atoms with van der Waals surface area (Å²) >= 11 is 0. The minimum atomic E-state index is 0.569. The quantitative estimate of drug-likeness (QED) is 0.626. The first kappa shape index (κ1) is 13.0. The molecule has 2 heteroatoms. The molecule has 0 bridgehead atoms. The second-order valence-electron chi connectivity index (χ2n) is 4.66. The first-order valence-electron chi connectivity index (χ1n) is 6.69. The molecule has 0 radical (unpaired) electrons. The first-order valence-corrected chi connectivity index (χ1v) is 6.69. The van der Waals surface area contributed by atoms with Crippen molar-refractivity contribution in [1.29, 1.82) is 0 Å². The summed E-state index contributed by atoms with van der Waals surface area (Å²) in [6.45, 7) is 7.61. The van der Waals surface area contributed by atoms with Crippen LogP contribution in [0.25, 0.3) is 0 Å². The van der Waals surface area contributed by atoms with E-state index in [0.717, 1.165) is 25.6 Å². The van der Waals surface area contributed by atoms with Crippen LogP contribution in [0.3, 0.4) is 0 Å². The summed E-state index contributed by atoms with van der Waals surface area (Å²) in [7, 11) is 0. The normalized spacial score (nSPS) is 17.8. The van der Waals surface area contributed by atoms with Crippen molar-refractivity contribution in [1.82, 2.24) is 5.32 Å². The number of rotatable bonds is 8. The average molecular weight is 213 g/mol. The molecule has 15 heavy (non-hydrogen) atoms. The van der Waals surface area contributed by atoms with Crippen molar-refractivity contribution < 1.29 is 4.74 Å². The van der Waals surface area contributed by atoms with Gasteiger partial charge in [0.1, 0.15) is 0 Å². The maximum atomic E-state index is 5.79. The van der Waals surface area contributed by atoms with Crippen molar-refractivity contribution in [3.8, 4) is 0 Å². The highest BCUT2D eigenvalue weighted by Gasteiger charge is 2.14. The van der Waals surface area contributed by atoms with Crippen LogP contribution < -0.4 is 5.32 Å². The topological polar surface area (TPSA) is 21.3 Å². The molecule has 0 amide bonds. The Balaban J connectivity index is 1.87. The number of ether oxygens (including phenoxy) is 1. The van der Waals surface area contributed by atoms with E-state index < -0.39 is 0 Å². The average Bonchev–Trinajstić information content (AvgIpc) is 2.76. The fourth-order valence-electron chi connectivity index (χ4n) is 2.24. The molecule has 0 aromatic rings. The summed E-state index contributed by atoms with van der Waals surface area (Å²) in [5.74, 6) is 0.844. The molecule has 0 atom stereocenters. The molecule has 1 aliphatic rings. The molecule has 0 aromatic heterocycles. The van der Waals surface area contributed by atoms with E-state index in [9.17, 15) is 0 Å². The van der Waals surface area contributed by atoms with Crippen LogP contribution in [-0.4, -0.2) is 25.8 Å². The highest BCUT2D eigenvalue weighted by molar-refractivity contribution is 4.67. The van der Waals surface area contributed by atoms with Gasteiger partial charge in [0.25, 0.3) is 0 Å². The van der Waals surface area contributed by atoms with E-state index >= 15 is 0 Å². The molecule has 1 saturated carbocycles. The van der Waals surface area contributed by atoms with Crippen molar-refractivity contribution >= 4 is 0 Å². The lowest BCUT2D eigenvalue weighted by Crippen LogP contribution is -2.27. The minimum Gasteiger partial charge on any atom is -0.377 e. The third kappa shape index (κ3) is 5.53. The van der Waals surface area contributed by atoms with Crippen molar-refractivity contribution in [3.63, 3.8) is 0 Å². The van der Waals surface area contributed by atoms with Gasteiger partial charge in [-0.1, -0.05) is 39.5 Å². The van der Waals surface area contributed by atoms with Gasteiger partial charge < -0.3 is 10.1 Å². The van der Waals surface area contributed by atoms with Gasteiger partial charge in [0.15, 0.2) is 0 Å². The molecule has 2 nitrogen and oxygen atoms in total. The Bertz CT molecular complexity index is 135. The molecule has 0 saturated heterocycles. The maximum Gasteiger partial charge on any atom is 0.0594 e. The standard InChI is InChI=1S/C13H27NO/c1-3-12(4-2)11-14-9-10-15-13-7-5-6-8-13/h12-14H,3-11H2,1-2H3. The lowest BCUT2D eigenvalue weighted by molar-refractivity contribution is 0.0599. The van der Waals surface area contributed by atoms with Gasteiger partial charge in [0, 0.05) is 6.54 Å². The third-order valence-electron chi connectivity index (χ3n) is 3.52. The SMILES string of the molecule is CCC(CC)CNCCOC1CCCC1. The van der Waals surface area contributed by atoms with Crippen molar-refractivity contribution in [2.45, 2.75) is 58.5 Å². The van der Waals surface area contributed by atoms with Gasteiger partial charge in [-0.05, 0) is 25.3 Å². The molecule has 1 aliphatic carbocycles. The number of nitrogens with one attached hydrogen (secondary N) is 1. The largest absolute Gasteiger partial charge is 0.377 e. The van der Waals surface area contributed by atoms with Crippen LogP contribution in [0, 0.1) is 5.92 Å². The highest BCUT2D eigenvalue weighted by atomic mass is 16.5. The van der Waals surface area contributed by atoms with Gasteiger partial charge in [0.2, 0.25) is 0 Å². The van der Waals surface area contributed by atoms with Gasteiger partial charge in [-0.25, -0.2) is 0 Å². The molecule has 0 aromatic carbocycles. The Labute approximate surface area is 94.8 Å². The molecule has 0 unspecified atom stereocenters. The molecule has 0 heterocycles. The Morgan fingerprint density at radius 2 is 1.87 bits per heavy atom. The van der Waals surface area contributed by atoms with E-state index in [4.69, 9.17) is 4.74 Å². The number of hydrogen-bond acceptors (Lipinski definition) is 2. The van der Waals surface area contributed by atoms with Gasteiger partial charge in [-0.2, -0.15) is 0 Å². The van der Waals surface area contributed by atoms with Gasteiger partial charge in [-0.15, -0.1) is 0 Å². The lowest BCUT2D eigenvalue weighted by Gasteiger charge is -2.15. The van der Waals surface area contributed by atoms with Crippen LogP contribution in [0.2, 0.25) is 0 Å². The van der Waals surface area contributed by atoms with Crippen LogP contribution in [0.4, 0.5) is 0 Å². The Kier molecular flexibility index (Phi) is 7.03. The lowest BCUT2D eigenvalue weighted by atomic mass is 10.0. The number of hydrogen-bond donors (Lipinski definition) is 1. The summed E-state index contributed by atoms with van der Waals surface area (Å²) in [4.78, 5) is 0. The predicted octanol–water partition coefficient (Wildman–Crippen LogP) is 2.97. The monoisotopic (exact) mass is 213 g/mol. The zero-order valence-electron chi connectivity index (χ0n) is 10.4.